The van der Waals surface area contributed by atoms with Crippen LogP contribution in [0, 0.1) is 5.92 Å². The van der Waals surface area contributed by atoms with Crippen molar-refractivity contribution in [3.63, 3.8) is 0 Å². The van der Waals surface area contributed by atoms with Gasteiger partial charge in [-0.1, -0.05) is 28.1 Å². The van der Waals surface area contributed by atoms with E-state index in [9.17, 15) is 4.79 Å². The number of benzene rings is 1. The van der Waals surface area contributed by atoms with Gasteiger partial charge >= 0.3 is 0 Å². The first kappa shape index (κ1) is 15.0. The van der Waals surface area contributed by atoms with Gasteiger partial charge in [0.05, 0.1) is 6.04 Å². The zero-order valence-electron chi connectivity index (χ0n) is 12.5. The number of hydrogen-bond acceptors (Lipinski definition) is 2. The maximum absolute atomic E-state index is 12.9. The van der Waals surface area contributed by atoms with E-state index in [4.69, 9.17) is 0 Å². The summed E-state index contributed by atoms with van der Waals surface area (Å²) in [6, 6.07) is 9.12. The minimum atomic E-state index is 0.203. The highest BCUT2D eigenvalue weighted by Gasteiger charge is 2.35. The van der Waals surface area contributed by atoms with Crippen LogP contribution in [0.5, 0.6) is 0 Å². The molecule has 0 saturated carbocycles. The molecule has 0 radical (unpaired) electrons. The molecule has 114 valence electrons. The summed E-state index contributed by atoms with van der Waals surface area (Å²) in [5.41, 5.74) is 1.26. The van der Waals surface area contributed by atoms with Crippen LogP contribution in [-0.4, -0.2) is 29.9 Å². The van der Waals surface area contributed by atoms with Crippen molar-refractivity contribution in [1.82, 2.24) is 10.2 Å². The molecule has 3 rings (SSSR count). The van der Waals surface area contributed by atoms with E-state index in [-0.39, 0.29) is 12.0 Å². The van der Waals surface area contributed by atoms with Crippen LogP contribution in [-0.2, 0) is 4.79 Å². The van der Waals surface area contributed by atoms with Crippen molar-refractivity contribution < 1.29 is 4.79 Å². The topological polar surface area (TPSA) is 32.3 Å². The fourth-order valence-electron chi connectivity index (χ4n) is 3.68. The molecule has 2 saturated heterocycles. The van der Waals surface area contributed by atoms with E-state index in [0.717, 1.165) is 43.2 Å². The lowest BCUT2D eigenvalue weighted by Gasteiger charge is -2.33. The lowest BCUT2D eigenvalue weighted by Crippen LogP contribution is -2.44. The largest absolute Gasteiger partial charge is 0.335 e. The fraction of sp³-hybridized carbons (Fsp3) is 0.588. The molecule has 2 aliphatic rings. The van der Waals surface area contributed by atoms with E-state index in [1.54, 1.807) is 0 Å². The van der Waals surface area contributed by atoms with Crippen molar-refractivity contribution >= 4 is 21.8 Å². The van der Waals surface area contributed by atoms with Crippen LogP contribution in [0.2, 0.25) is 0 Å². The van der Waals surface area contributed by atoms with E-state index in [1.165, 1.54) is 5.56 Å². The summed E-state index contributed by atoms with van der Waals surface area (Å²) in [5, 5.41) is 3.43. The van der Waals surface area contributed by atoms with Crippen LogP contribution in [0.25, 0.3) is 0 Å². The van der Waals surface area contributed by atoms with Crippen LogP contribution in [0.15, 0.2) is 28.7 Å². The van der Waals surface area contributed by atoms with Gasteiger partial charge in [-0.15, -0.1) is 0 Å². The fourth-order valence-corrected chi connectivity index (χ4v) is 4.10. The Bertz CT molecular complexity index is 519. The third-order valence-corrected chi connectivity index (χ3v) is 5.24. The van der Waals surface area contributed by atoms with Gasteiger partial charge in [0.25, 0.3) is 0 Å². The Morgan fingerprint density at radius 1 is 1.38 bits per heavy atom. The molecule has 1 unspecified atom stereocenters. The van der Waals surface area contributed by atoms with E-state index in [1.807, 2.05) is 6.07 Å². The van der Waals surface area contributed by atoms with E-state index < -0.39 is 0 Å². The van der Waals surface area contributed by atoms with Crippen molar-refractivity contribution in [3.05, 3.63) is 34.3 Å². The average molecular weight is 351 g/mol. The number of nitrogens with zero attached hydrogens (tertiary/aromatic N) is 1. The van der Waals surface area contributed by atoms with Crippen molar-refractivity contribution in [1.29, 1.82) is 0 Å². The van der Waals surface area contributed by atoms with Crippen LogP contribution in [0.1, 0.15) is 44.2 Å². The quantitative estimate of drug-likeness (QED) is 0.885. The van der Waals surface area contributed by atoms with Crippen molar-refractivity contribution in [2.24, 2.45) is 5.92 Å². The summed E-state index contributed by atoms with van der Waals surface area (Å²) >= 11 is 3.54. The Kier molecular flexibility index (Phi) is 4.65. The Morgan fingerprint density at radius 3 is 3.00 bits per heavy atom. The third-order valence-electron chi connectivity index (χ3n) is 4.74. The number of likely N-dealkylation sites (tertiary alicyclic amines) is 1. The molecule has 0 aromatic heterocycles. The molecule has 0 aliphatic carbocycles. The molecule has 2 aliphatic heterocycles. The maximum Gasteiger partial charge on any atom is 0.226 e. The second kappa shape index (κ2) is 6.49. The SMILES string of the molecule is C[C@H]1C[C@@H](C(=O)N2CCCC2c2cccc(Br)c2)CCN1. The van der Waals surface area contributed by atoms with Gasteiger partial charge < -0.3 is 10.2 Å². The summed E-state index contributed by atoms with van der Waals surface area (Å²) < 4.78 is 1.09. The van der Waals surface area contributed by atoms with Crippen molar-refractivity contribution in [2.45, 2.75) is 44.7 Å². The molecular weight excluding hydrogens is 328 g/mol. The minimum absolute atomic E-state index is 0.203. The Balaban J connectivity index is 1.75. The van der Waals surface area contributed by atoms with Gasteiger partial charge in [0.15, 0.2) is 0 Å². The summed E-state index contributed by atoms with van der Waals surface area (Å²) in [6.07, 6.45) is 4.15. The normalized spacial score (nSPS) is 29.6. The molecule has 1 N–H and O–H groups in total. The molecule has 2 heterocycles. The van der Waals surface area contributed by atoms with Gasteiger partial charge in [-0.3, -0.25) is 4.79 Å². The predicted octanol–water partition coefficient (Wildman–Crippen LogP) is 3.50. The molecule has 3 atom stereocenters. The maximum atomic E-state index is 12.9. The number of hydrogen-bond donors (Lipinski definition) is 1. The van der Waals surface area contributed by atoms with Crippen LogP contribution >= 0.6 is 15.9 Å². The summed E-state index contributed by atoms with van der Waals surface area (Å²) in [4.78, 5) is 15.0. The smallest absolute Gasteiger partial charge is 0.226 e. The van der Waals surface area contributed by atoms with Crippen LogP contribution < -0.4 is 5.32 Å². The van der Waals surface area contributed by atoms with Gasteiger partial charge in [-0.05, 0) is 56.8 Å². The van der Waals surface area contributed by atoms with Gasteiger partial charge in [0.1, 0.15) is 0 Å². The summed E-state index contributed by atoms with van der Waals surface area (Å²) in [6.45, 7) is 4.05. The monoisotopic (exact) mass is 350 g/mol. The highest BCUT2D eigenvalue weighted by atomic mass is 79.9. The molecule has 1 aromatic carbocycles. The zero-order chi connectivity index (χ0) is 14.8. The third kappa shape index (κ3) is 3.32. The standard InChI is InChI=1S/C17H23BrN2O/c1-12-10-14(7-8-19-12)17(21)20-9-3-6-16(20)13-4-2-5-15(18)11-13/h2,4-5,11-12,14,16,19H,3,6-10H2,1H3/t12-,14-,16?/m0/s1. The average Bonchev–Trinajstić information content (AvgIpc) is 2.96. The van der Waals surface area contributed by atoms with Crippen molar-refractivity contribution in [2.75, 3.05) is 13.1 Å². The van der Waals surface area contributed by atoms with E-state index in [2.05, 4.69) is 51.3 Å². The molecule has 0 spiro atoms. The van der Waals surface area contributed by atoms with Gasteiger partial charge in [0, 0.05) is 23.0 Å². The number of amides is 1. The van der Waals surface area contributed by atoms with Gasteiger partial charge in [-0.2, -0.15) is 0 Å². The first-order valence-corrected chi connectivity index (χ1v) is 8.74. The molecular formula is C17H23BrN2O. The zero-order valence-corrected chi connectivity index (χ0v) is 14.1. The first-order valence-electron chi connectivity index (χ1n) is 7.94. The van der Waals surface area contributed by atoms with E-state index in [0.29, 0.717) is 11.9 Å². The lowest BCUT2D eigenvalue weighted by molar-refractivity contribution is -0.137. The molecule has 3 nitrogen and oxygen atoms in total. The highest BCUT2D eigenvalue weighted by molar-refractivity contribution is 9.10. The summed E-state index contributed by atoms with van der Waals surface area (Å²) in [7, 11) is 0. The van der Waals surface area contributed by atoms with Crippen LogP contribution in [0.4, 0.5) is 0 Å². The van der Waals surface area contributed by atoms with Gasteiger partial charge in [-0.25, -0.2) is 0 Å². The van der Waals surface area contributed by atoms with Crippen LogP contribution in [0.3, 0.4) is 0 Å². The molecule has 1 amide bonds. The first-order chi connectivity index (χ1) is 10.1. The van der Waals surface area contributed by atoms with Gasteiger partial charge in [0.2, 0.25) is 5.91 Å². The number of nitrogens with one attached hydrogen (secondary N) is 1. The number of piperidine rings is 1. The Hall–Kier alpha value is -0.870. The number of halogens is 1. The minimum Gasteiger partial charge on any atom is -0.335 e. The second-order valence-corrected chi connectivity index (χ2v) is 7.24. The molecule has 4 heteroatoms. The lowest BCUT2D eigenvalue weighted by atomic mass is 9.91. The number of rotatable bonds is 2. The molecule has 2 fully saturated rings. The summed E-state index contributed by atoms with van der Waals surface area (Å²) in [5.74, 6) is 0.569. The Labute approximate surface area is 135 Å². The molecule has 1 aromatic rings. The predicted molar refractivity (Wildman–Crippen MR) is 88.0 cm³/mol. The molecule has 21 heavy (non-hydrogen) atoms. The van der Waals surface area contributed by atoms with E-state index >= 15 is 0 Å². The number of carbonyl (C=O) groups excluding carboxylic acids is 1. The van der Waals surface area contributed by atoms with Crippen molar-refractivity contribution in [3.8, 4) is 0 Å². The second-order valence-electron chi connectivity index (χ2n) is 6.32. The number of carbonyl (C=O) groups is 1. The molecule has 0 bridgehead atoms. The highest BCUT2D eigenvalue weighted by Crippen LogP contribution is 2.35. The Morgan fingerprint density at radius 2 is 2.24 bits per heavy atom.